The second-order valence-electron chi connectivity index (χ2n) is 4.33. The van der Waals surface area contributed by atoms with Gasteiger partial charge in [0.05, 0.1) is 7.11 Å². The molecule has 1 N–H and O–H groups in total. The average Bonchev–Trinajstić information content (AvgIpc) is 2.38. The summed E-state index contributed by atoms with van der Waals surface area (Å²) in [4.78, 5) is 22.5. The second-order valence-corrected chi connectivity index (χ2v) is 4.33. The SMILES string of the molecule is COC(=O)C(C/C=C/c1ccc(C)cc1)NC(C)=O. The molecule has 0 saturated carbocycles. The van der Waals surface area contributed by atoms with E-state index in [9.17, 15) is 9.59 Å². The molecule has 1 amide bonds. The molecule has 0 aliphatic heterocycles. The molecule has 1 unspecified atom stereocenters. The van der Waals surface area contributed by atoms with E-state index in [1.807, 2.05) is 43.3 Å². The number of aryl methyl sites for hydroxylation is 1. The largest absolute Gasteiger partial charge is 0.467 e. The first-order chi connectivity index (χ1) is 9.02. The summed E-state index contributed by atoms with van der Waals surface area (Å²) in [6.45, 7) is 3.40. The van der Waals surface area contributed by atoms with E-state index in [2.05, 4.69) is 10.1 Å². The van der Waals surface area contributed by atoms with Crippen molar-refractivity contribution in [3.05, 3.63) is 41.5 Å². The number of hydrogen-bond acceptors (Lipinski definition) is 3. The Labute approximate surface area is 113 Å². The lowest BCUT2D eigenvalue weighted by atomic mass is 10.1. The molecule has 0 fully saturated rings. The molecule has 0 bridgehead atoms. The van der Waals surface area contributed by atoms with E-state index in [4.69, 9.17) is 0 Å². The quantitative estimate of drug-likeness (QED) is 0.826. The van der Waals surface area contributed by atoms with Crippen molar-refractivity contribution in [2.45, 2.75) is 26.3 Å². The normalized spacial score (nSPS) is 12.2. The van der Waals surface area contributed by atoms with Gasteiger partial charge in [0.15, 0.2) is 0 Å². The zero-order chi connectivity index (χ0) is 14.3. The fourth-order valence-electron chi connectivity index (χ4n) is 1.62. The van der Waals surface area contributed by atoms with Gasteiger partial charge in [-0.25, -0.2) is 4.79 Å². The van der Waals surface area contributed by atoms with Gasteiger partial charge >= 0.3 is 5.97 Å². The molecule has 19 heavy (non-hydrogen) atoms. The van der Waals surface area contributed by atoms with Crippen LogP contribution in [0, 0.1) is 6.92 Å². The lowest BCUT2D eigenvalue weighted by molar-refractivity contribution is -0.144. The highest BCUT2D eigenvalue weighted by Gasteiger charge is 2.17. The van der Waals surface area contributed by atoms with Crippen molar-refractivity contribution in [3.8, 4) is 0 Å². The van der Waals surface area contributed by atoms with E-state index in [0.717, 1.165) is 5.56 Å². The number of benzene rings is 1. The number of nitrogens with one attached hydrogen (secondary N) is 1. The van der Waals surface area contributed by atoms with E-state index in [0.29, 0.717) is 6.42 Å². The highest BCUT2D eigenvalue weighted by Crippen LogP contribution is 2.06. The van der Waals surface area contributed by atoms with Crippen molar-refractivity contribution < 1.29 is 14.3 Å². The Hall–Kier alpha value is -2.10. The molecule has 1 rings (SSSR count). The van der Waals surface area contributed by atoms with E-state index < -0.39 is 12.0 Å². The number of carbonyl (C=O) groups is 2. The molecule has 1 atom stereocenters. The van der Waals surface area contributed by atoms with E-state index in [1.165, 1.54) is 19.6 Å². The summed E-state index contributed by atoms with van der Waals surface area (Å²) in [5.74, 6) is -0.692. The second kappa shape index (κ2) is 7.36. The first kappa shape index (κ1) is 15.0. The van der Waals surface area contributed by atoms with Crippen LogP contribution in [0.25, 0.3) is 6.08 Å². The standard InChI is InChI=1S/C15H19NO3/c1-11-7-9-13(10-8-11)5-4-6-14(15(18)19-3)16-12(2)17/h4-5,7-10,14H,6H2,1-3H3,(H,16,17)/b5-4+. The van der Waals surface area contributed by atoms with Crippen LogP contribution in [-0.2, 0) is 14.3 Å². The Morgan fingerprint density at radius 3 is 2.47 bits per heavy atom. The van der Waals surface area contributed by atoms with Crippen LogP contribution >= 0.6 is 0 Å². The van der Waals surface area contributed by atoms with Crippen LogP contribution in [-0.4, -0.2) is 25.0 Å². The number of hydrogen-bond donors (Lipinski definition) is 1. The Bertz CT molecular complexity index is 463. The van der Waals surface area contributed by atoms with Gasteiger partial charge in [0.2, 0.25) is 5.91 Å². The van der Waals surface area contributed by atoms with Gasteiger partial charge in [-0.15, -0.1) is 0 Å². The Morgan fingerprint density at radius 1 is 1.32 bits per heavy atom. The fourth-order valence-corrected chi connectivity index (χ4v) is 1.62. The minimum Gasteiger partial charge on any atom is -0.467 e. The number of esters is 1. The van der Waals surface area contributed by atoms with Crippen molar-refractivity contribution >= 4 is 18.0 Å². The molecular weight excluding hydrogens is 242 g/mol. The molecule has 0 aliphatic rings. The highest BCUT2D eigenvalue weighted by molar-refractivity contribution is 5.83. The fraction of sp³-hybridized carbons (Fsp3) is 0.333. The maximum atomic E-state index is 11.5. The summed E-state index contributed by atoms with van der Waals surface area (Å²) in [6.07, 6.45) is 4.17. The molecule has 1 aromatic carbocycles. The molecule has 4 heteroatoms. The van der Waals surface area contributed by atoms with Crippen LogP contribution < -0.4 is 5.32 Å². The van der Waals surface area contributed by atoms with Crippen LogP contribution in [0.3, 0.4) is 0 Å². The monoisotopic (exact) mass is 261 g/mol. The first-order valence-corrected chi connectivity index (χ1v) is 6.11. The minimum atomic E-state index is -0.635. The van der Waals surface area contributed by atoms with Crippen LogP contribution in [0.4, 0.5) is 0 Å². The van der Waals surface area contributed by atoms with Gasteiger partial charge in [0.1, 0.15) is 6.04 Å². The third-order valence-electron chi connectivity index (χ3n) is 2.62. The first-order valence-electron chi connectivity index (χ1n) is 6.11. The molecular formula is C15H19NO3. The Kier molecular flexibility index (Phi) is 5.79. The van der Waals surface area contributed by atoms with Crippen LogP contribution in [0.1, 0.15) is 24.5 Å². The number of amides is 1. The van der Waals surface area contributed by atoms with Gasteiger partial charge < -0.3 is 10.1 Å². The van der Waals surface area contributed by atoms with Crippen LogP contribution in [0.2, 0.25) is 0 Å². The summed E-state index contributed by atoms with van der Waals surface area (Å²) >= 11 is 0. The number of carbonyl (C=O) groups excluding carboxylic acids is 2. The van der Waals surface area contributed by atoms with Crippen LogP contribution in [0.15, 0.2) is 30.3 Å². The van der Waals surface area contributed by atoms with Crippen LogP contribution in [0.5, 0.6) is 0 Å². The molecule has 4 nitrogen and oxygen atoms in total. The van der Waals surface area contributed by atoms with Crippen molar-refractivity contribution in [1.82, 2.24) is 5.32 Å². The minimum absolute atomic E-state index is 0.251. The van der Waals surface area contributed by atoms with Gasteiger partial charge in [-0.05, 0) is 18.9 Å². The summed E-state index contributed by atoms with van der Waals surface area (Å²) in [5, 5.41) is 2.56. The van der Waals surface area contributed by atoms with Gasteiger partial charge in [-0.2, -0.15) is 0 Å². The molecule has 102 valence electrons. The van der Waals surface area contributed by atoms with E-state index in [1.54, 1.807) is 0 Å². The zero-order valence-electron chi connectivity index (χ0n) is 11.5. The summed E-state index contributed by atoms with van der Waals surface area (Å²) < 4.78 is 4.64. The lowest BCUT2D eigenvalue weighted by Crippen LogP contribution is -2.39. The zero-order valence-corrected chi connectivity index (χ0v) is 11.5. The van der Waals surface area contributed by atoms with Crippen molar-refractivity contribution in [2.75, 3.05) is 7.11 Å². The summed E-state index contributed by atoms with van der Waals surface area (Å²) in [6, 6.07) is 7.40. The molecule has 0 aliphatic carbocycles. The highest BCUT2D eigenvalue weighted by atomic mass is 16.5. The maximum Gasteiger partial charge on any atom is 0.328 e. The number of ether oxygens (including phenoxy) is 1. The predicted molar refractivity (Wildman–Crippen MR) is 74.5 cm³/mol. The van der Waals surface area contributed by atoms with Crippen molar-refractivity contribution in [1.29, 1.82) is 0 Å². The van der Waals surface area contributed by atoms with E-state index >= 15 is 0 Å². The van der Waals surface area contributed by atoms with Crippen molar-refractivity contribution in [3.63, 3.8) is 0 Å². The van der Waals surface area contributed by atoms with Gasteiger partial charge in [0.25, 0.3) is 0 Å². The molecule has 0 aromatic heterocycles. The average molecular weight is 261 g/mol. The molecule has 0 saturated heterocycles. The van der Waals surface area contributed by atoms with Gasteiger partial charge in [0, 0.05) is 6.92 Å². The van der Waals surface area contributed by atoms with E-state index in [-0.39, 0.29) is 5.91 Å². The maximum absolute atomic E-state index is 11.5. The van der Waals surface area contributed by atoms with Gasteiger partial charge in [-0.3, -0.25) is 4.79 Å². The Morgan fingerprint density at radius 2 is 1.95 bits per heavy atom. The molecule has 0 heterocycles. The summed E-state index contributed by atoms with van der Waals surface area (Å²) in [5.41, 5.74) is 2.25. The Balaban J connectivity index is 2.62. The third-order valence-corrected chi connectivity index (χ3v) is 2.62. The predicted octanol–water partition coefficient (Wildman–Crippen LogP) is 2.08. The van der Waals surface area contributed by atoms with Crippen molar-refractivity contribution in [2.24, 2.45) is 0 Å². The molecule has 0 spiro atoms. The smallest absolute Gasteiger partial charge is 0.328 e. The topological polar surface area (TPSA) is 55.4 Å². The summed E-state index contributed by atoms with van der Waals surface area (Å²) in [7, 11) is 1.31. The number of rotatable bonds is 5. The lowest BCUT2D eigenvalue weighted by Gasteiger charge is -2.13. The number of methoxy groups -OCH3 is 1. The molecule has 0 radical (unpaired) electrons. The third kappa shape index (κ3) is 5.38. The van der Waals surface area contributed by atoms with Gasteiger partial charge in [-0.1, -0.05) is 42.0 Å². The molecule has 1 aromatic rings.